The fraction of sp³-hybridized carbons (Fsp3) is 0.615. The molecule has 2 aliphatic carbocycles. The Hall–Kier alpha value is -2.45. The van der Waals surface area contributed by atoms with E-state index in [2.05, 4.69) is 6.58 Å². The van der Waals surface area contributed by atoms with E-state index in [-0.39, 0.29) is 12.2 Å². The number of hydrogen-bond acceptors (Lipinski definition) is 8. The molecule has 0 aromatic rings. The first-order valence-corrected chi connectivity index (χ1v) is 12.3. The average molecular weight is 509 g/mol. The fourth-order valence-corrected chi connectivity index (χ4v) is 5.81. The number of halogens is 1. The van der Waals surface area contributed by atoms with E-state index in [0.29, 0.717) is 12.0 Å². The first-order chi connectivity index (χ1) is 16.3. The molecule has 9 atom stereocenters. The zero-order valence-electron chi connectivity index (χ0n) is 20.7. The van der Waals surface area contributed by atoms with Crippen LogP contribution in [0.4, 0.5) is 0 Å². The summed E-state index contributed by atoms with van der Waals surface area (Å²) < 4.78 is 17.1. The normalized spacial score (nSPS) is 41.0. The van der Waals surface area contributed by atoms with Crippen LogP contribution in [0.5, 0.6) is 0 Å². The van der Waals surface area contributed by atoms with Crippen LogP contribution < -0.4 is 0 Å². The number of aliphatic hydroxyl groups is 1. The standard InChI is InChI=1S/C26H33ClO8/c1-7-8-19(30)34-18-10-9-13(2)21(27)23-26(32,15(4)24(31)35-23)22(33-16(5)28)20-14(3)17(29)11-12-25(18,20)6/h9-12,14-15,18,20-23,32H,2,7-8H2,1,3-6H3. The molecule has 0 spiro atoms. The van der Waals surface area contributed by atoms with Crippen molar-refractivity contribution in [2.75, 3.05) is 0 Å². The highest BCUT2D eigenvalue weighted by atomic mass is 35.5. The summed E-state index contributed by atoms with van der Waals surface area (Å²) in [5.41, 5.74) is -2.90. The minimum absolute atomic E-state index is 0.182. The molecule has 1 N–H and O–H groups in total. The Bertz CT molecular complexity index is 986. The van der Waals surface area contributed by atoms with Gasteiger partial charge in [-0.2, -0.15) is 0 Å². The summed E-state index contributed by atoms with van der Waals surface area (Å²) >= 11 is 6.65. The van der Waals surface area contributed by atoms with Gasteiger partial charge in [-0.05, 0) is 31.1 Å². The minimum Gasteiger partial charge on any atom is -0.459 e. The van der Waals surface area contributed by atoms with Crippen LogP contribution in [0.1, 0.15) is 47.5 Å². The Balaban J connectivity index is 2.32. The van der Waals surface area contributed by atoms with E-state index in [9.17, 15) is 24.3 Å². The molecule has 3 aliphatic rings. The summed E-state index contributed by atoms with van der Waals surface area (Å²) in [6, 6.07) is 0. The SMILES string of the molecule is C=C1C=CC(OC(=O)CCC)C2(C)C=CC(=O)C(C)C2C(OC(C)=O)C2(O)C(C)C(=O)OC2C1Cl. The number of ketones is 1. The molecule has 9 heteroatoms. The summed E-state index contributed by atoms with van der Waals surface area (Å²) in [6.45, 7) is 11.9. The Morgan fingerprint density at radius 3 is 2.49 bits per heavy atom. The van der Waals surface area contributed by atoms with Gasteiger partial charge in [0.05, 0.1) is 11.3 Å². The quantitative estimate of drug-likeness (QED) is 0.350. The molecule has 3 rings (SSSR count). The minimum atomic E-state index is -2.09. The third-order valence-electron chi connectivity index (χ3n) is 7.56. The zero-order chi connectivity index (χ0) is 26.3. The lowest BCUT2D eigenvalue weighted by atomic mass is 9.57. The molecule has 1 fully saturated rings. The third-order valence-corrected chi connectivity index (χ3v) is 8.07. The third kappa shape index (κ3) is 4.58. The van der Waals surface area contributed by atoms with Gasteiger partial charge in [0.25, 0.3) is 0 Å². The van der Waals surface area contributed by atoms with Crippen molar-refractivity contribution in [3.05, 3.63) is 36.5 Å². The number of carbonyl (C=O) groups excluding carboxylic acids is 4. The number of fused-ring (bicyclic) bond motifs is 2. The highest BCUT2D eigenvalue weighted by Gasteiger charge is 2.67. The van der Waals surface area contributed by atoms with Gasteiger partial charge in [0.1, 0.15) is 12.2 Å². The van der Waals surface area contributed by atoms with Crippen molar-refractivity contribution in [1.82, 2.24) is 0 Å². The molecule has 9 unspecified atom stereocenters. The van der Waals surface area contributed by atoms with Crippen molar-refractivity contribution in [3.8, 4) is 0 Å². The maximum Gasteiger partial charge on any atom is 0.312 e. The Morgan fingerprint density at radius 1 is 1.23 bits per heavy atom. The number of carbonyl (C=O) groups is 4. The summed E-state index contributed by atoms with van der Waals surface area (Å²) in [5, 5.41) is 11.1. The molecular formula is C26H33ClO8. The van der Waals surface area contributed by atoms with E-state index in [4.69, 9.17) is 25.8 Å². The van der Waals surface area contributed by atoms with Gasteiger partial charge in [-0.15, -0.1) is 11.6 Å². The molecule has 0 radical (unpaired) electrons. The van der Waals surface area contributed by atoms with Gasteiger partial charge in [0.15, 0.2) is 17.5 Å². The Morgan fingerprint density at radius 2 is 1.89 bits per heavy atom. The summed E-state index contributed by atoms with van der Waals surface area (Å²) in [7, 11) is 0. The molecule has 0 aromatic carbocycles. The fourth-order valence-electron chi connectivity index (χ4n) is 5.48. The highest BCUT2D eigenvalue weighted by Crippen LogP contribution is 2.53. The zero-order valence-corrected chi connectivity index (χ0v) is 21.4. The van der Waals surface area contributed by atoms with Crippen LogP contribution >= 0.6 is 11.6 Å². The average Bonchev–Trinajstić information content (AvgIpc) is 3.02. The first kappa shape index (κ1) is 27.1. The lowest BCUT2D eigenvalue weighted by Gasteiger charge is -2.52. The second-order valence-corrected chi connectivity index (χ2v) is 10.4. The summed E-state index contributed by atoms with van der Waals surface area (Å²) in [4.78, 5) is 50.5. The molecule has 1 saturated heterocycles. The molecule has 1 aliphatic heterocycles. The van der Waals surface area contributed by atoms with Crippen molar-refractivity contribution in [2.45, 2.75) is 76.8 Å². The van der Waals surface area contributed by atoms with E-state index in [0.717, 1.165) is 0 Å². The van der Waals surface area contributed by atoms with Crippen molar-refractivity contribution in [3.63, 3.8) is 0 Å². The van der Waals surface area contributed by atoms with Gasteiger partial charge < -0.3 is 19.3 Å². The van der Waals surface area contributed by atoms with E-state index in [1.807, 2.05) is 6.92 Å². The van der Waals surface area contributed by atoms with Crippen LogP contribution in [0, 0.1) is 23.2 Å². The van der Waals surface area contributed by atoms with Gasteiger partial charge in [-0.25, -0.2) is 0 Å². The van der Waals surface area contributed by atoms with Crippen LogP contribution in [0.2, 0.25) is 0 Å². The van der Waals surface area contributed by atoms with Gasteiger partial charge in [0, 0.05) is 30.6 Å². The summed E-state index contributed by atoms with van der Waals surface area (Å²) in [6.07, 6.45) is 3.37. The molecular weight excluding hydrogens is 476 g/mol. The lowest BCUT2D eigenvalue weighted by molar-refractivity contribution is -0.206. The lowest BCUT2D eigenvalue weighted by Crippen LogP contribution is -2.65. The molecule has 0 bridgehead atoms. The van der Waals surface area contributed by atoms with E-state index < -0.39 is 70.4 Å². The predicted molar refractivity (Wildman–Crippen MR) is 127 cm³/mol. The topological polar surface area (TPSA) is 116 Å². The number of ether oxygens (including phenoxy) is 3. The number of alkyl halides is 1. The van der Waals surface area contributed by atoms with Crippen molar-refractivity contribution in [2.24, 2.45) is 23.2 Å². The van der Waals surface area contributed by atoms with Gasteiger partial charge in [-0.3, -0.25) is 19.2 Å². The molecule has 192 valence electrons. The number of hydrogen-bond donors (Lipinski definition) is 1. The van der Waals surface area contributed by atoms with Gasteiger partial charge in [0.2, 0.25) is 0 Å². The molecule has 0 saturated carbocycles. The number of rotatable bonds is 4. The molecule has 1 heterocycles. The van der Waals surface area contributed by atoms with Crippen LogP contribution in [0.15, 0.2) is 36.5 Å². The van der Waals surface area contributed by atoms with Crippen LogP contribution in [-0.4, -0.2) is 58.1 Å². The predicted octanol–water partition coefficient (Wildman–Crippen LogP) is 3.05. The van der Waals surface area contributed by atoms with Crippen LogP contribution in [0.25, 0.3) is 0 Å². The first-order valence-electron chi connectivity index (χ1n) is 11.8. The van der Waals surface area contributed by atoms with Crippen molar-refractivity contribution < 1.29 is 38.5 Å². The van der Waals surface area contributed by atoms with E-state index in [1.54, 1.807) is 32.1 Å². The van der Waals surface area contributed by atoms with Crippen LogP contribution in [0.3, 0.4) is 0 Å². The largest absolute Gasteiger partial charge is 0.459 e. The van der Waals surface area contributed by atoms with Gasteiger partial charge >= 0.3 is 17.9 Å². The van der Waals surface area contributed by atoms with Crippen molar-refractivity contribution in [1.29, 1.82) is 0 Å². The second kappa shape index (κ2) is 9.90. The Kier molecular flexibility index (Phi) is 7.67. The molecule has 35 heavy (non-hydrogen) atoms. The maximum atomic E-state index is 12.9. The molecule has 8 nitrogen and oxygen atoms in total. The smallest absolute Gasteiger partial charge is 0.312 e. The second-order valence-electron chi connectivity index (χ2n) is 9.91. The number of esters is 3. The maximum absolute atomic E-state index is 12.9. The molecule has 0 aromatic heterocycles. The summed E-state index contributed by atoms with van der Waals surface area (Å²) in [5.74, 6) is -4.93. The van der Waals surface area contributed by atoms with Gasteiger partial charge in [-0.1, -0.05) is 39.5 Å². The number of allylic oxidation sites excluding steroid dienone is 2. The van der Waals surface area contributed by atoms with E-state index >= 15 is 0 Å². The van der Waals surface area contributed by atoms with Crippen LogP contribution in [-0.2, 0) is 33.4 Å². The van der Waals surface area contributed by atoms with E-state index in [1.165, 1.54) is 19.9 Å². The Labute approximate surface area is 210 Å². The highest BCUT2D eigenvalue weighted by molar-refractivity contribution is 6.23. The molecule has 0 amide bonds. The van der Waals surface area contributed by atoms with Crippen molar-refractivity contribution >= 4 is 35.3 Å². The monoisotopic (exact) mass is 508 g/mol.